The number of benzene rings is 8. The molecule has 1 heterocycles. The van der Waals surface area contributed by atoms with Crippen molar-refractivity contribution in [2.24, 2.45) is 0 Å². The lowest BCUT2D eigenvalue weighted by Crippen LogP contribution is -2.13. The van der Waals surface area contributed by atoms with E-state index in [4.69, 9.17) is 4.42 Å². The summed E-state index contributed by atoms with van der Waals surface area (Å²) in [6.07, 6.45) is 0. The zero-order valence-corrected chi connectivity index (χ0v) is 34.9. The van der Waals surface area contributed by atoms with Gasteiger partial charge in [0.15, 0.2) is 0 Å². The molecule has 0 atom stereocenters. The molecule has 9 aromatic rings. The van der Waals surface area contributed by atoms with E-state index in [1.54, 1.807) is 0 Å². The maximum Gasteiger partial charge on any atom is 0.135 e. The molecule has 59 heavy (non-hydrogen) atoms. The summed E-state index contributed by atoms with van der Waals surface area (Å²) < 4.78 is 6.52. The molecule has 0 aliphatic heterocycles. The fourth-order valence-electron chi connectivity index (χ4n) is 8.29. The maximum atomic E-state index is 6.52. The van der Waals surface area contributed by atoms with Gasteiger partial charge in [-0.15, -0.1) is 0 Å². The van der Waals surface area contributed by atoms with Gasteiger partial charge in [-0.2, -0.15) is 0 Å². The van der Waals surface area contributed by atoms with E-state index < -0.39 is 0 Å². The summed E-state index contributed by atoms with van der Waals surface area (Å²) in [5.41, 5.74) is 20.5. The normalized spacial score (nSPS) is 11.3. The van der Waals surface area contributed by atoms with Crippen LogP contribution in [0.15, 0.2) is 174 Å². The summed E-state index contributed by atoms with van der Waals surface area (Å²) in [7, 11) is 2.11. The summed E-state index contributed by atoms with van der Waals surface area (Å²) in [6, 6.07) is 61.7. The largest absolute Gasteiger partial charge is 0.456 e. The minimum atomic E-state index is 0.862. The number of hydrogen-bond acceptors (Lipinski definition) is 4. The molecule has 0 unspecified atom stereocenters. The van der Waals surface area contributed by atoms with E-state index in [1.165, 1.54) is 50.2 Å². The van der Waals surface area contributed by atoms with Crippen LogP contribution in [-0.2, 0) is 0 Å². The van der Waals surface area contributed by atoms with Crippen LogP contribution in [0.4, 0.5) is 45.5 Å². The Hall–Kier alpha value is -7.04. The molecule has 0 aliphatic carbocycles. The molecular formula is C55H49N3O. The van der Waals surface area contributed by atoms with Gasteiger partial charge in [0.2, 0.25) is 0 Å². The Bertz CT molecular complexity index is 2890. The lowest BCUT2D eigenvalue weighted by atomic mass is 10.0. The van der Waals surface area contributed by atoms with Crippen molar-refractivity contribution < 1.29 is 4.42 Å². The fourth-order valence-corrected chi connectivity index (χ4v) is 8.29. The van der Waals surface area contributed by atoms with Crippen LogP contribution in [0.2, 0.25) is 0 Å². The Morgan fingerprint density at radius 3 is 1.12 bits per heavy atom. The minimum Gasteiger partial charge on any atom is -0.456 e. The van der Waals surface area contributed by atoms with E-state index in [1.807, 2.05) is 0 Å². The average molecular weight is 768 g/mol. The van der Waals surface area contributed by atoms with Crippen molar-refractivity contribution in [3.05, 3.63) is 203 Å². The fraction of sp³-hybridized carbons (Fsp3) is 0.127. The van der Waals surface area contributed by atoms with Gasteiger partial charge in [0, 0.05) is 63.3 Å². The molecule has 9 rings (SSSR count). The van der Waals surface area contributed by atoms with Gasteiger partial charge in [-0.25, -0.2) is 0 Å². The molecule has 1 aromatic heterocycles. The van der Waals surface area contributed by atoms with Crippen LogP contribution in [0.1, 0.15) is 33.4 Å². The Labute approximate surface area is 348 Å². The summed E-state index contributed by atoms with van der Waals surface area (Å²) in [4.78, 5) is 6.95. The predicted molar refractivity (Wildman–Crippen MR) is 251 cm³/mol. The van der Waals surface area contributed by atoms with Crippen LogP contribution in [0.5, 0.6) is 0 Å². The monoisotopic (exact) mass is 767 g/mol. The van der Waals surface area contributed by atoms with Crippen LogP contribution < -0.4 is 14.7 Å². The summed E-state index contributed by atoms with van der Waals surface area (Å²) >= 11 is 0. The summed E-state index contributed by atoms with van der Waals surface area (Å²) in [6.45, 7) is 13.0. The molecule has 0 aliphatic rings. The van der Waals surface area contributed by atoms with E-state index >= 15 is 0 Å². The van der Waals surface area contributed by atoms with Gasteiger partial charge in [-0.1, -0.05) is 95.1 Å². The molecule has 0 N–H and O–H groups in total. The predicted octanol–water partition coefficient (Wildman–Crippen LogP) is 15.8. The van der Waals surface area contributed by atoms with Crippen LogP contribution in [0.25, 0.3) is 33.1 Å². The van der Waals surface area contributed by atoms with E-state index in [0.717, 1.165) is 61.8 Å². The summed E-state index contributed by atoms with van der Waals surface area (Å²) in [5, 5.41) is 2.15. The van der Waals surface area contributed by atoms with Gasteiger partial charge < -0.3 is 19.1 Å². The molecule has 4 nitrogen and oxygen atoms in total. The van der Waals surface area contributed by atoms with Crippen LogP contribution in [-0.4, -0.2) is 7.05 Å². The quantitative estimate of drug-likeness (QED) is 0.146. The first-order chi connectivity index (χ1) is 28.6. The van der Waals surface area contributed by atoms with Crippen LogP contribution in [0, 0.1) is 41.5 Å². The number of aryl methyl sites for hydroxylation is 6. The van der Waals surface area contributed by atoms with E-state index in [2.05, 4.69) is 233 Å². The molecule has 0 radical (unpaired) electrons. The zero-order valence-electron chi connectivity index (χ0n) is 34.9. The maximum absolute atomic E-state index is 6.52. The van der Waals surface area contributed by atoms with Crippen molar-refractivity contribution in [1.29, 1.82) is 0 Å². The number of hydrogen-bond donors (Lipinski definition) is 0. The van der Waals surface area contributed by atoms with Crippen molar-refractivity contribution in [3.63, 3.8) is 0 Å². The number of fused-ring (bicyclic) bond motifs is 3. The van der Waals surface area contributed by atoms with Gasteiger partial charge >= 0.3 is 0 Å². The van der Waals surface area contributed by atoms with Crippen molar-refractivity contribution in [3.8, 4) is 11.1 Å². The highest BCUT2D eigenvalue weighted by atomic mass is 16.3. The smallest absolute Gasteiger partial charge is 0.135 e. The molecule has 0 amide bonds. The molecule has 0 saturated heterocycles. The summed E-state index contributed by atoms with van der Waals surface area (Å²) in [5.74, 6) is 0. The SMILES string of the molecule is Cc1ccc(N(C)c2ccc(-c3ccc(N(c4ccc(C)cc4)c4ccc5oc6ccc(N(c7ccc(C)cc7C)c7ccc(C)cc7C)cc6c5c4)cc3)cc2)cc1. The molecule has 0 bridgehead atoms. The van der Waals surface area contributed by atoms with E-state index in [9.17, 15) is 0 Å². The lowest BCUT2D eigenvalue weighted by Gasteiger charge is -2.29. The second-order valence-corrected chi connectivity index (χ2v) is 16.0. The topological polar surface area (TPSA) is 22.9 Å². The van der Waals surface area contributed by atoms with E-state index in [0.29, 0.717) is 0 Å². The average Bonchev–Trinajstić information content (AvgIpc) is 3.61. The molecule has 0 spiro atoms. The number of rotatable bonds is 9. The number of furan rings is 1. The number of nitrogens with zero attached hydrogens (tertiary/aromatic N) is 3. The first-order valence-corrected chi connectivity index (χ1v) is 20.4. The molecular weight excluding hydrogens is 719 g/mol. The second-order valence-electron chi connectivity index (χ2n) is 16.0. The third kappa shape index (κ3) is 7.35. The Balaban J connectivity index is 1.10. The van der Waals surface area contributed by atoms with Crippen molar-refractivity contribution in [2.45, 2.75) is 41.5 Å². The third-order valence-corrected chi connectivity index (χ3v) is 11.6. The van der Waals surface area contributed by atoms with Crippen molar-refractivity contribution in [1.82, 2.24) is 0 Å². The Morgan fingerprint density at radius 2 is 0.678 bits per heavy atom. The van der Waals surface area contributed by atoms with E-state index in [-0.39, 0.29) is 0 Å². The van der Waals surface area contributed by atoms with Crippen molar-refractivity contribution in [2.75, 3.05) is 21.7 Å². The highest BCUT2D eigenvalue weighted by Crippen LogP contribution is 2.43. The highest BCUT2D eigenvalue weighted by molar-refractivity contribution is 6.08. The number of anilines is 8. The van der Waals surface area contributed by atoms with Gasteiger partial charge in [0.25, 0.3) is 0 Å². The highest BCUT2D eigenvalue weighted by Gasteiger charge is 2.20. The van der Waals surface area contributed by atoms with Crippen molar-refractivity contribution >= 4 is 67.4 Å². The lowest BCUT2D eigenvalue weighted by molar-refractivity contribution is 0.669. The Morgan fingerprint density at radius 1 is 0.322 bits per heavy atom. The van der Waals surface area contributed by atoms with Crippen LogP contribution in [0.3, 0.4) is 0 Å². The third-order valence-electron chi connectivity index (χ3n) is 11.6. The first kappa shape index (κ1) is 37.5. The first-order valence-electron chi connectivity index (χ1n) is 20.4. The molecule has 0 fully saturated rings. The van der Waals surface area contributed by atoms with Gasteiger partial charge in [-0.3, -0.25) is 0 Å². The minimum absolute atomic E-state index is 0.862. The molecule has 0 saturated carbocycles. The van der Waals surface area contributed by atoms with Gasteiger partial charge in [0.1, 0.15) is 11.2 Å². The zero-order chi connectivity index (χ0) is 40.8. The molecule has 8 aromatic carbocycles. The van der Waals surface area contributed by atoms with Gasteiger partial charge in [-0.05, 0) is 161 Å². The van der Waals surface area contributed by atoms with Crippen LogP contribution >= 0.6 is 0 Å². The van der Waals surface area contributed by atoms with Gasteiger partial charge in [0.05, 0.1) is 0 Å². The standard InChI is InChI=1S/C55H49N3O/c1-36-8-18-44(19-9-36)56(7)45-22-14-42(15-23-45)43-16-24-47(25-17-43)57(46-20-10-37(2)11-21-46)48-26-30-54-50(34-48)51-35-49(27-31-55(51)59-54)58(52-28-12-38(3)32-40(52)5)53-29-13-39(4)33-41(53)6/h8-35H,1-7H3. The Kier molecular flexibility index (Phi) is 9.78. The molecule has 4 heteroatoms. The molecule has 290 valence electrons. The second kappa shape index (κ2) is 15.4.